The van der Waals surface area contributed by atoms with E-state index in [0.29, 0.717) is 0 Å². The molecular weight excluding hydrogens is 369 g/mol. The zero-order valence-corrected chi connectivity index (χ0v) is 13.9. The summed E-state index contributed by atoms with van der Waals surface area (Å²) in [6.07, 6.45) is 0.252. The van der Waals surface area contributed by atoms with E-state index in [4.69, 9.17) is 0 Å². The lowest BCUT2D eigenvalue weighted by molar-refractivity contribution is -0.124. The van der Waals surface area contributed by atoms with E-state index in [-0.39, 0.29) is 24.7 Å². The van der Waals surface area contributed by atoms with Gasteiger partial charge in [-0.15, -0.1) is 0 Å². The van der Waals surface area contributed by atoms with Crippen molar-refractivity contribution in [2.75, 3.05) is 5.32 Å². The number of hydrogen-bond acceptors (Lipinski definition) is 3. The summed E-state index contributed by atoms with van der Waals surface area (Å²) in [5, 5.41) is 6.59. The van der Waals surface area contributed by atoms with Crippen LogP contribution in [0, 0.1) is 10.5 Å². The summed E-state index contributed by atoms with van der Waals surface area (Å²) < 4.78 is 1.12. The minimum Gasteiger partial charge on any atom is -0.326 e. The van der Waals surface area contributed by atoms with Crippen LogP contribution >= 0.6 is 22.6 Å². The standard InChI is InChI=1S/C14H18IN3O2/c1-9(2)17-18-14(20)7-6-13(19)16-12-5-4-11(15)8-10(12)3/h4-5,8H,6-7H2,1-3H3,(H,16,19)(H,18,20). The molecule has 108 valence electrons. The molecule has 0 unspecified atom stereocenters. The van der Waals surface area contributed by atoms with E-state index in [1.165, 1.54) is 0 Å². The fourth-order valence-corrected chi connectivity index (χ4v) is 2.08. The van der Waals surface area contributed by atoms with Crippen molar-refractivity contribution >= 4 is 45.8 Å². The molecule has 1 aromatic carbocycles. The van der Waals surface area contributed by atoms with Gasteiger partial charge in [0, 0.05) is 27.8 Å². The highest BCUT2D eigenvalue weighted by atomic mass is 127. The second-order valence-electron chi connectivity index (χ2n) is 4.60. The zero-order valence-electron chi connectivity index (χ0n) is 11.8. The Morgan fingerprint density at radius 1 is 1.20 bits per heavy atom. The third-order valence-corrected chi connectivity index (χ3v) is 3.12. The van der Waals surface area contributed by atoms with E-state index >= 15 is 0 Å². The van der Waals surface area contributed by atoms with Crippen molar-refractivity contribution < 1.29 is 9.59 Å². The average Bonchev–Trinajstić information content (AvgIpc) is 2.37. The van der Waals surface area contributed by atoms with Crippen LogP contribution in [0.4, 0.5) is 5.69 Å². The number of aryl methyl sites for hydroxylation is 1. The fraction of sp³-hybridized carbons (Fsp3) is 0.357. The fourth-order valence-electron chi connectivity index (χ4n) is 1.44. The molecule has 2 N–H and O–H groups in total. The van der Waals surface area contributed by atoms with Gasteiger partial charge in [-0.05, 0) is 67.1 Å². The predicted molar refractivity (Wildman–Crippen MR) is 88.7 cm³/mol. The molecule has 6 heteroatoms. The van der Waals surface area contributed by atoms with E-state index < -0.39 is 0 Å². The Morgan fingerprint density at radius 2 is 1.85 bits per heavy atom. The van der Waals surface area contributed by atoms with Crippen molar-refractivity contribution in [3.8, 4) is 0 Å². The molecule has 0 radical (unpaired) electrons. The van der Waals surface area contributed by atoms with Crippen molar-refractivity contribution in [3.05, 3.63) is 27.3 Å². The molecule has 0 atom stereocenters. The van der Waals surface area contributed by atoms with E-state index in [1.54, 1.807) is 13.8 Å². The van der Waals surface area contributed by atoms with Gasteiger partial charge in [0.1, 0.15) is 0 Å². The summed E-state index contributed by atoms with van der Waals surface area (Å²) in [4.78, 5) is 23.2. The lowest BCUT2D eigenvalue weighted by Gasteiger charge is -2.08. The van der Waals surface area contributed by atoms with Crippen molar-refractivity contribution in [1.82, 2.24) is 5.43 Å². The van der Waals surface area contributed by atoms with Gasteiger partial charge in [-0.3, -0.25) is 9.59 Å². The van der Waals surface area contributed by atoms with Crippen molar-refractivity contribution in [2.24, 2.45) is 5.10 Å². The number of benzene rings is 1. The van der Waals surface area contributed by atoms with Crippen LogP contribution in [-0.2, 0) is 9.59 Å². The quantitative estimate of drug-likeness (QED) is 0.464. The molecule has 2 amide bonds. The van der Waals surface area contributed by atoms with Gasteiger partial charge in [-0.2, -0.15) is 5.10 Å². The van der Waals surface area contributed by atoms with E-state index in [1.807, 2.05) is 25.1 Å². The average molecular weight is 387 g/mol. The Morgan fingerprint density at radius 3 is 2.45 bits per heavy atom. The van der Waals surface area contributed by atoms with Crippen LogP contribution in [0.15, 0.2) is 23.3 Å². The number of rotatable bonds is 5. The number of amides is 2. The highest BCUT2D eigenvalue weighted by molar-refractivity contribution is 14.1. The maximum absolute atomic E-state index is 11.8. The third-order valence-electron chi connectivity index (χ3n) is 2.45. The van der Waals surface area contributed by atoms with Crippen LogP contribution in [0.1, 0.15) is 32.3 Å². The van der Waals surface area contributed by atoms with Crippen LogP contribution in [0.2, 0.25) is 0 Å². The highest BCUT2D eigenvalue weighted by Gasteiger charge is 2.08. The van der Waals surface area contributed by atoms with E-state index in [2.05, 4.69) is 38.4 Å². The van der Waals surface area contributed by atoms with Crippen molar-refractivity contribution in [2.45, 2.75) is 33.6 Å². The number of nitrogens with one attached hydrogen (secondary N) is 2. The van der Waals surface area contributed by atoms with Gasteiger partial charge < -0.3 is 5.32 Å². The minimum absolute atomic E-state index is 0.117. The lowest BCUT2D eigenvalue weighted by Crippen LogP contribution is -2.21. The van der Waals surface area contributed by atoms with Gasteiger partial charge in [0.05, 0.1) is 0 Å². The largest absolute Gasteiger partial charge is 0.326 e. The first-order valence-electron chi connectivity index (χ1n) is 6.24. The van der Waals surface area contributed by atoms with Gasteiger partial charge in [-0.1, -0.05) is 0 Å². The molecular formula is C14H18IN3O2. The Balaban J connectivity index is 2.44. The summed E-state index contributed by atoms with van der Waals surface area (Å²) >= 11 is 2.22. The molecule has 1 aromatic rings. The van der Waals surface area contributed by atoms with Gasteiger partial charge in [-0.25, -0.2) is 5.43 Å². The number of nitrogens with zero attached hydrogens (tertiary/aromatic N) is 1. The molecule has 0 spiro atoms. The predicted octanol–water partition coefficient (Wildman–Crippen LogP) is 2.83. The molecule has 20 heavy (non-hydrogen) atoms. The summed E-state index contributed by atoms with van der Waals surface area (Å²) in [5.41, 5.74) is 4.93. The first-order valence-corrected chi connectivity index (χ1v) is 7.32. The molecule has 0 aliphatic rings. The number of anilines is 1. The van der Waals surface area contributed by atoms with E-state index in [9.17, 15) is 9.59 Å². The molecule has 0 saturated heterocycles. The Hall–Kier alpha value is -1.44. The van der Waals surface area contributed by atoms with E-state index in [0.717, 1.165) is 20.5 Å². The molecule has 0 fully saturated rings. The smallest absolute Gasteiger partial charge is 0.240 e. The second kappa shape index (κ2) is 7.98. The maximum atomic E-state index is 11.8. The molecule has 0 aliphatic carbocycles. The van der Waals surface area contributed by atoms with Crippen LogP contribution < -0.4 is 10.7 Å². The molecule has 0 heterocycles. The number of carbonyl (C=O) groups is 2. The summed E-state index contributed by atoms with van der Waals surface area (Å²) in [7, 11) is 0. The van der Waals surface area contributed by atoms with Crippen LogP contribution in [0.3, 0.4) is 0 Å². The lowest BCUT2D eigenvalue weighted by atomic mass is 10.2. The number of hydrogen-bond donors (Lipinski definition) is 2. The van der Waals surface area contributed by atoms with Gasteiger partial charge in [0.15, 0.2) is 0 Å². The summed E-state index contributed by atoms with van der Waals surface area (Å²) in [6.45, 7) is 5.50. The van der Waals surface area contributed by atoms with Gasteiger partial charge in [0.25, 0.3) is 0 Å². The Bertz CT molecular complexity index is 537. The summed E-state index contributed by atoms with van der Waals surface area (Å²) in [6, 6.07) is 5.77. The normalized spacial score (nSPS) is 9.80. The van der Waals surface area contributed by atoms with Crippen LogP contribution in [0.5, 0.6) is 0 Å². The van der Waals surface area contributed by atoms with Crippen molar-refractivity contribution in [3.63, 3.8) is 0 Å². The molecule has 5 nitrogen and oxygen atoms in total. The van der Waals surface area contributed by atoms with Gasteiger partial charge in [0.2, 0.25) is 11.8 Å². The van der Waals surface area contributed by atoms with Crippen LogP contribution in [-0.4, -0.2) is 17.5 Å². The molecule has 1 rings (SSSR count). The number of halogens is 1. The first-order chi connectivity index (χ1) is 9.38. The molecule has 0 bridgehead atoms. The molecule has 0 aliphatic heterocycles. The molecule has 0 aromatic heterocycles. The molecule has 0 saturated carbocycles. The topological polar surface area (TPSA) is 70.6 Å². The number of carbonyl (C=O) groups excluding carboxylic acids is 2. The third kappa shape index (κ3) is 6.14. The highest BCUT2D eigenvalue weighted by Crippen LogP contribution is 2.17. The second-order valence-corrected chi connectivity index (χ2v) is 5.85. The minimum atomic E-state index is -0.263. The zero-order chi connectivity index (χ0) is 15.1. The monoisotopic (exact) mass is 387 g/mol. The van der Waals surface area contributed by atoms with Gasteiger partial charge >= 0.3 is 0 Å². The SMILES string of the molecule is CC(C)=NNC(=O)CCC(=O)Nc1ccc(I)cc1C. The van der Waals surface area contributed by atoms with Crippen molar-refractivity contribution in [1.29, 1.82) is 0 Å². The summed E-state index contributed by atoms with van der Waals surface area (Å²) in [5.74, 6) is -0.442. The maximum Gasteiger partial charge on any atom is 0.240 e. The van der Waals surface area contributed by atoms with Crippen LogP contribution in [0.25, 0.3) is 0 Å². The first kappa shape index (κ1) is 16.6. The Kier molecular flexibility index (Phi) is 6.63. The number of hydrazone groups is 1. The Labute approximate surface area is 132 Å².